The zero-order valence-electron chi connectivity index (χ0n) is 13.7. The zero-order valence-corrected chi connectivity index (χ0v) is 15.3. The number of hydrogen-bond donors (Lipinski definition) is 2. The van der Waals surface area contributed by atoms with Crippen molar-refractivity contribution in [1.29, 1.82) is 0 Å². The van der Waals surface area contributed by atoms with Gasteiger partial charge in [0.15, 0.2) is 11.0 Å². The fraction of sp³-hybridized carbons (Fsp3) is 0.176. The Labute approximate surface area is 159 Å². The molecule has 0 saturated carbocycles. The molecule has 2 aromatic rings. The first kappa shape index (κ1) is 18.2. The Morgan fingerprint density at radius 2 is 2.27 bits per heavy atom. The highest BCUT2D eigenvalue weighted by molar-refractivity contribution is 8.15. The molecule has 1 atom stereocenters. The highest BCUT2D eigenvalue weighted by atomic mass is 35.5. The average Bonchev–Trinajstić information content (AvgIpc) is 2.95. The van der Waals surface area contributed by atoms with Crippen molar-refractivity contribution in [3.05, 3.63) is 47.6 Å². The van der Waals surface area contributed by atoms with Crippen molar-refractivity contribution >= 4 is 51.9 Å². The van der Waals surface area contributed by atoms with E-state index in [0.717, 1.165) is 0 Å². The Bertz CT molecular complexity index is 860. The minimum Gasteiger partial charge on any atom is -0.495 e. The van der Waals surface area contributed by atoms with Gasteiger partial charge in [0.25, 0.3) is 0 Å². The second kappa shape index (κ2) is 8.20. The summed E-state index contributed by atoms with van der Waals surface area (Å²) in [5.41, 5.74) is 0.454. The van der Waals surface area contributed by atoms with Crippen molar-refractivity contribution in [3.63, 3.8) is 0 Å². The summed E-state index contributed by atoms with van der Waals surface area (Å²) in [7, 11) is 1.50. The number of nitrogens with one attached hydrogen (secondary N) is 2. The molecule has 0 bridgehead atoms. The molecule has 134 valence electrons. The average molecular weight is 391 g/mol. The van der Waals surface area contributed by atoms with E-state index in [4.69, 9.17) is 16.3 Å². The third kappa shape index (κ3) is 4.53. The van der Waals surface area contributed by atoms with Crippen molar-refractivity contribution in [2.24, 2.45) is 4.99 Å². The van der Waals surface area contributed by atoms with E-state index in [1.165, 1.54) is 18.9 Å². The third-order valence-corrected chi connectivity index (χ3v) is 4.77. The molecule has 1 aromatic heterocycles. The van der Waals surface area contributed by atoms with Gasteiger partial charge in [-0.25, -0.2) is 9.98 Å². The maximum absolute atomic E-state index is 12.3. The summed E-state index contributed by atoms with van der Waals surface area (Å²) in [5, 5.41) is 5.71. The Kier molecular flexibility index (Phi) is 5.75. The SMILES string of the molecule is COc1ccc(Cl)cc1NC(=O)CC1S/C(=N/c2ccccn2)NC1=O. The number of pyridine rings is 1. The lowest BCUT2D eigenvalue weighted by molar-refractivity contribution is -0.122. The van der Waals surface area contributed by atoms with Crippen LogP contribution in [0.2, 0.25) is 5.02 Å². The lowest BCUT2D eigenvalue weighted by atomic mass is 10.2. The fourth-order valence-electron chi connectivity index (χ4n) is 2.26. The number of rotatable bonds is 5. The molecule has 1 fully saturated rings. The molecule has 26 heavy (non-hydrogen) atoms. The van der Waals surface area contributed by atoms with E-state index in [0.29, 0.717) is 27.4 Å². The van der Waals surface area contributed by atoms with Crippen molar-refractivity contribution in [2.75, 3.05) is 12.4 Å². The molecule has 2 heterocycles. The van der Waals surface area contributed by atoms with Crippen LogP contribution in [0.3, 0.4) is 0 Å². The molecule has 1 saturated heterocycles. The number of aromatic nitrogens is 1. The van der Waals surface area contributed by atoms with E-state index in [-0.39, 0.29) is 18.2 Å². The van der Waals surface area contributed by atoms with Crippen LogP contribution in [0, 0.1) is 0 Å². The van der Waals surface area contributed by atoms with E-state index >= 15 is 0 Å². The van der Waals surface area contributed by atoms with Crippen LogP contribution in [0.25, 0.3) is 0 Å². The summed E-state index contributed by atoms with van der Waals surface area (Å²) < 4.78 is 5.19. The number of carbonyl (C=O) groups is 2. The highest BCUT2D eigenvalue weighted by Gasteiger charge is 2.32. The lowest BCUT2D eigenvalue weighted by Crippen LogP contribution is -2.28. The van der Waals surface area contributed by atoms with Gasteiger partial charge >= 0.3 is 0 Å². The number of thioether (sulfide) groups is 1. The molecule has 7 nitrogen and oxygen atoms in total. The summed E-state index contributed by atoms with van der Waals surface area (Å²) in [6.45, 7) is 0. The molecular formula is C17H15ClN4O3S. The Morgan fingerprint density at radius 1 is 1.42 bits per heavy atom. The number of halogens is 1. The van der Waals surface area contributed by atoms with Crippen molar-refractivity contribution in [3.8, 4) is 5.75 Å². The number of amidine groups is 1. The molecule has 1 aromatic carbocycles. The molecule has 3 rings (SSSR count). The van der Waals surface area contributed by atoms with Crippen LogP contribution < -0.4 is 15.4 Å². The van der Waals surface area contributed by atoms with Crippen molar-refractivity contribution in [1.82, 2.24) is 10.3 Å². The molecule has 0 aliphatic carbocycles. The molecule has 0 spiro atoms. The van der Waals surface area contributed by atoms with Gasteiger partial charge < -0.3 is 15.4 Å². The van der Waals surface area contributed by atoms with E-state index in [2.05, 4.69) is 20.6 Å². The van der Waals surface area contributed by atoms with Gasteiger partial charge in [-0.05, 0) is 30.3 Å². The topological polar surface area (TPSA) is 92.7 Å². The summed E-state index contributed by atoms with van der Waals surface area (Å²) in [5.74, 6) is 0.392. The molecule has 1 unspecified atom stereocenters. The number of methoxy groups -OCH3 is 1. The number of anilines is 1. The van der Waals surface area contributed by atoms with Gasteiger partial charge in [-0.2, -0.15) is 0 Å². The van der Waals surface area contributed by atoms with Crippen LogP contribution in [0.4, 0.5) is 11.5 Å². The van der Waals surface area contributed by atoms with E-state index in [9.17, 15) is 9.59 Å². The van der Waals surface area contributed by atoms with Crippen LogP contribution in [0.5, 0.6) is 5.75 Å². The van der Waals surface area contributed by atoms with Crippen molar-refractivity contribution < 1.29 is 14.3 Å². The molecule has 2 N–H and O–H groups in total. The van der Waals surface area contributed by atoms with Gasteiger partial charge in [-0.1, -0.05) is 29.4 Å². The van der Waals surface area contributed by atoms with Gasteiger partial charge in [0.2, 0.25) is 11.8 Å². The van der Waals surface area contributed by atoms with Crippen LogP contribution in [-0.4, -0.2) is 34.3 Å². The van der Waals surface area contributed by atoms with Crippen molar-refractivity contribution in [2.45, 2.75) is 11.7 Å². The Morgan fingerprint density at radius 3 is 3.00 bits per heavy atom. The second-order valence-electron chi connectivity index (χ2n) is 5.30. The van der Waals surface area contributed by atoms with Gasteiger partial charge in [0.1, 0.15) is 11.0 Å². The summed E-state index contributed by atoms with van der Waals surface area (Å²) in [6, 6.07) is 10.2. The first-order valence-electron chi connectivity index (χ1n) is 7.66. The first-order valence-corrected chi connectivity index (χ1v) is 8.91. The van der Waals surface area contributed by atoms with Gasteiger partial charge in [-0.3, -0.25) is 9.59 Å². The summed E-state index contributed by atoms with van der Waals surface area (Å²) in [4.78, 5) is 32.7. The van der Waals surface area contributed by atoms with Gasteiger partial charge in [0, 0.05) is 17.6 Å². The molecule has 0 radical (unpaired) electrons. The maximum Gasteiger partial charge on any atom is 0.240 e. The Hall–Kier alpha value is -2.58. The minimum absolute atomic E-state index is 0.00654. The molecule has 2 amide bonds. The first-order chi connectivity index (χ1) is 12.5. The number of nitrogens with zero attached hydrogens (tertiary/aromatic N) is 2. The van der Waals surface area contributed by atoms with Gasteiger partial charge in [-0.15, -0.1) is 0 Å². The number of aliphatic imine (C=N–C) groups is 1. The van der Waals surface area contributed by atoms with Crippen LogP contribution >= 0.6 is 23.4 Å². The largest absolute Gasteiger partial charge is 0.495 e. The normalized spacial score (nSPS) is 17.8. The quantitative estimate of drug-likeness (QED) is 0.818. The predicted molar refractivity (Wildman–Crippen MR) is 102 cm³/mol. The number of hydrogen-bond acceptors (Lipinski definition) is 6. The number of benzene rings is 1. The summed E-state index contributed by atoms with van der Waals surface area (Å²) >= 11 is 7.15. The monoisotopic (exact) mass is 390 g/mol. The Balaban J connectivity index is 1.64. The van der Waals surface area contributed by atoms with E-state index in [1.54, 1.807) is 42.6 Å². The second-order valence-corrected chi connectivity index (χ2v) is 6.93. The smallest absolute Gasteiger partial charge is 0.240 e. The molecule has 9 heteroatoms. The van der Waals surface area contributed by atoms with E-state index in [1.807, 2.05) is 0 Å². The highest BCUT2D eigenvalue weighted by Crippen LogP contribution is 2.29. The molecule has 1 aliphatic rings. The lowest BCUT2D eigenvalue weighted by Gasteiger charge is -2.11. The van der Waals surface area contributed by atoms with Crippen LogP contribution in [0.1, 0.15) is 6.42 Å². The molecule has 1 aliphatic heterocycles. The van der Waals surface area contributed by atoms with Gasteiger partial charge in [0.05, 0.1) is 12.8 Å². The van der Waals surface area contributed by atoms with E-state index < -0.39 is 5.25 Å². The zero-order chi connectivity index (χ0) is 18.5. The number of ether oxygens (including phenoxy) is 1. The third-order valence-electron chi connectivity index (χ3n) is 3.45. The number of carbonyl (C=O) groups excluding carboxylic acids is 2. The maximum atomic E-state index is 12.3. The van der Waals surface area contributed by atoms with Crippen LogP contribution in [0.15, 0.2) is 47.6 Å². The minimum atomic E-state index is -0.567. The molecular weight excluding hydrogens is 376 g/mol. The fourth-order valence-corrected chi connectivity index (χ4v) is 3.41. The van der Waals surface area contributed by atoms with Crippen LogP contribution in [-0.2, 0) is 9.59 Å². The predicted octanol–water partition coefficient (Wildman–Crippen LogP) is 2.99. The number of amides is 2. The summed E-state index contributed by atoms with van der Waals surface area (Å²) in [6.07, 6.45) is 1.61. The standard InChI is InChI=1S/C17H15ClN4O3S/c1-25-12-6-5-10(18)8-11(12)20-15(23)9-13-16(24)22-17(26-13)21-14-4-2-3-7-19-14/h2-8,13H,9H2,1H3,(H,20,23)(H,19,21,22,24).